The van der Waals surface area contributed by atoms with Gasteiger partial charge in [0.05, 0.1) is 0 Å². The molecule has 0 spiro atoms. The minimum Gasteiger partial charge on any atom is -0.508 e. The molecule has 0 bridgehead atoms. The summed E-state index contributed by atoms with van der Waals surface area (Å²) in [7, 11) is 0. The number of nitrogens with zero attached hydrogens (tertiary/aromatic N) is 1. The summed E-state index contributed by atoms with van der Waals surface area (Å²) in [5, 5.41) is 9.31. The summed E-state index contributed by atoms with van der Waals surface area (Å²) in [6.45, 7) is 8.77. The SMILES string of the molecule is C=C(C)CN(CC)C(=O)c1cccc(O)c1. The molecule has 3 nitrogen and oxygen atoms in total. The largest absolute Gasteiger partial charge is 0.508 e. The maximum absolute atomic E-state index is 12.0. The van der Waals surface area contributed by atoms with E-state index in [1.54, 1.807) is 23.1 Å². The van der Waals surface area contributed by atoms with E-state index >= 15 is 0 Å². The van der Waals surface area contributed by atoms with E-state index in [1.807, 2.05) is 13.8 Å². The van der Waals surface area contributed by atoms with Crippen LogP contribution in [0.1, 0.15) is 24.2 Å². The number of phenolic OH excluding ortho intramolecular Hbond substituents is 1. The van der Waals surface area contributed by atoms with Crippen molar-refractivity contribution in [2.45, 2.75) is 13.8 Å². The van der Waals surface area contributed by atoms with Gasteiger partial charge in [0.1, 0.15) is 5.75 Å². The molecule has 0 aromatic heterocycles. The molecule has 0 fully saturated rings. The molecule has 3 heteroatoms. The maximum Gasteiger partial charge on any atom is 0.254 e. The summed E-state index contributed by atoms with van der Waals surface area (Å²) in [6, 6.07) is 6.38. The van der Waals surface area contributed by atoms with Gasteiger partial charge < -0.3 is 10.0 Å². The first kappa shape index (κ1) is 12.3. The zero-order valence-corrected chi connectivity index (χ0v) is 9.73. The van der Waals surface area contributed by atoms with Crippen molar-refractivity contribution in [3.8, 4) is 5.75 Å². The quantitative estimate of drug-likeness (QED) is 0.790. The van der Waals surface area contributed by atoms with Crippen LogP contribution in [-0.2, 0) is 0 Å². The Bertz CT molecular complexity index is 399. The average molecular weight is 219 g/mol. The Hall–Kier alpha value is -1.77. The summed E-state index contributed by atoms with van der Waals surface area (Å²) < 4.78 is 0. The first-order valence-corrected chi connectivity index (χ1v) is 5.27. The summed E-state index contributed by atoms with van der Waals surface area (Å²) >= 11 is 0. The van der Waals surface area contributed by atoms with Crippen LogP contribution < -0.4 is 0 Å². The molecule has 16 heavy (non-hydrogen) atoms. The normalized spacial score (nSPS) is 9.88. The third kappa shape index (κ3) is 3.12. The molecule has 1 aromatic rings. The predicted molar refractivity (Wildman–Crippen MR) is 64.5 cm³/mol. The van der Waals surface area contributed by atoms with Gasteiger partial charge in [0.2, 0.25) is 0 Å². The molecule has 0 unspecified atom stereocenters. The minimum absolute atomic E-state index is 0.0820. The van der Waals surface area contributed by atoms with Gasteiger partial charge in [0, 0.05) is 18.7 Å². The Morgan fingerprint density at radius 3 is 2.69 bits per heavy atom. The van der Waals surface area contributed by atoms with E-state index in [9.17, 15) is 9.90 Å². The second-order valence-electron chi connectivity index (χ2n) is 3.83. The lowest BCUT2D eigenvalue weighted by atomic mass is 10.1. The molecule has 1 N–H and O–H groups in total. The fourth-order valence-corrected chi connectivity index (χ4v) is 1.47. The fraction of sp³-hybridized carbons (Fsp3) is 0.308. The molecule has 0 saturated heterocycles. The van der Waals surface area contributed by atoms with Gasteiger partial charge in [-0.15, -0.1) is 0 Å². The van der Waals surface area contributed by atoms with Crippen molar-refractivity contribution >= 4 is 5.91 Å². The molecule has 1 aromatic carbocycles. The summed E-state index contributed by atoms with van der Waals surface area (Å²) in [5.41, 5.74) is 1.44. The fourth-order valence-electron chi connectivity index (χ4n) is 1.47. The second kappa shape index (κ2) is 5.35. The predicted octanol–water partition coefficient (Wildman–Crippen LogP) is 2.43. The lowest BCUT2D eigenvalue weighted by Gasteiger charge is -2.21. The number of carbonyl (C=O) groups excluding carboxylic acids is 1. The van der Waals surface area contributed by atoms with Gasteiger partial charge >= 0.3 is 0 Å². The lowest BCUT2D eigenvalue weighted by Crippen LogP contribution is -2.32. The first-order valence-electron chi connectivity index (χ1n) is 5.27. The van der Waals surface area contributed by atoms with E-state index in [-0.39, 0.29) is 11.7 Å². The summed E-state index contributed by atoms with van der Waals surface area (Å²) in [6.07, 6.45) is 0. The number of likely N-dealkylation sites (N-methyl/N-ethyl adjacent to an activating group) is 1. The highest BCUT2D eigenvalue weighted by Gasteiger charge is 2.13. The number of aromatic hydroxyl groups is 1. The number of phenols is 1. The van der Waals surface area contributed by atoms with Crippen LogP contribution in [0, 0.1) is 0 Å². The summed E-state index contributed by atoms with van der Waals surface area (Å²) in [4.78, 5) is 13.7. The van der Waals surface area contributed by atoms with Gasteiger partial charge in [-0.2, -0.15) is 0 Å². The zero-order chi connectivity index (χ0) is 12.1. The van der Waals surface area contributed by atoms with Crippen LogP contribution in [0.3, 0.4) is 0 Å². The smallest absolute Gasteiger partial charge is 0.254 e. The molecule has 1 amide bonds. The molecule has 1 rings (SSSR count). The number of amides is 1. The Morgan fingerprint density at radius 1 is 1.50 bits per heavy atom. The van der Waals surface area contributed by atoms with Gasteiger partial charge in [-0.25, -0.2) is 0 Å². The van der Waals surface area contributed by atoms with Crippen LogP contribution in [0.25, 0.3) is 0 Å². The van der Waals surface area contributed by atoms with Crippen molar-refractivity contribution in [3.63, 3.8) is 0 Å². The standard InChI is InChI=1S/C13H17NO2/c1-4-14(9-10(2)3)13(16)11-6-5-7-12(15)8-11/h5-8,15H,2,4,9H2,1,3H3. The van der Waals surface area contributed by atoms with E-state index in [0.29, 0.717) is 18.7 Å². The molecule has 0 aliphatic carbocycles. The van der Waals surface area contributed by atoms with E-state index in [4.69, 9.17) is 0 Å². The maximum atomic E-state index is 12.0. The molecule has 86 valence electrons. The highest BCUT2D eigenvalue weighted by atomic mass is 16.3. The Labute approximate surface area is 96.0 Å². The third-order valence-corrected chi connectivity index (χ3v) is 2.22. The Balaban J connectivity index is 2.86. The van der Waals surface area contributed by atoms with Crippen LogP contribution in [-0.4, -0.2) is 29.0 Å². The minimum atomic E-state index is -0.0820. The van der Waals surface area contributed by atoms with Crippen molar-refractivity contribution in [1.82, 2.24) is 4.90 Å². The number of rotatable bonds is 4. The number of hydrogen-bond donors (Lipinski definition) is 1. The lowest BCUT2D eigenvalue weighted by molar-refractivity contribution is 0.0778. The highest BCUT2D eigenvalue weighted by Crippen LogP contribution is 2.13. The number of hydrogen-bond acceptors (Lipinski definition) is 2. The molecule has 0 atom stereocenters. The molecule has 0 heterocycles. The number of carbonyl (C=O) groups is 1. The number of benzene rings is 1. The van der Waals surface area contributed by atoms with Gasteiger partial charge in [-0.05, 0) is 32.0 Å². The monoisotopic (exact) mass is 219 g/mol. The second-order valence-corrected chi connectivity index (χ2v) is 3.83. The third-order valence-electron chi connectivity index (χ3n) is 2.22. The molecule has 0 saturated carbocycles. The van der Waals surface area contributed by atoms with Gasteiger partial charge in [-0.1, -0.05) is 18.2 Å². The molecule has 0 aliphatic heterocycles. The van der Waals surface area contributed by atoms with Crippen LogP contribution >= 0.6 is 0 Å². The molecule has 0 radical (unpaired) electrons. The molecular formula is C13H17NO2. The summed E-state index contributed by atoms with van der Waals surface area (Å²) in [5.74, 6) is 0.0265. The molecule has 0 aliphatic rings. The van der Waals surface area contributed by atoms with Crippen LogP contribution in [0.2, 0.25) is 0 Å². The van der Waals surface area contributed by atoms with E-state index < -0.39 is 0 Å². The van der Waals surface area contributed by atoms with E-state index in [2.05, 4.69) is 6.58 Å². The zero-order valence-electron chi connectivity index (χ0n) is 9.73. The van der Waals surface area contributed by atoms with Crippen molar-refractivity contribution in [1.29, 1.82) is 0 Å². The van der Waals surface area contributed by atoms with Crippen molar-refractivity contribution in [3.05, 3.63) is 42.0 Å². The van der Waals surface area contributed by atoms with Crippen LogP contribution in [0.5, 0.6) is 5.75 Å². The Kier molecular flexibility index (Phi) is 4.11. The van der Waals surface area contributed by atoms with E-state index in [1.165, 1.54) is 6.07 Å². The van der Waals surface area contributed by atoms with Crippen LogP contribution in [0.15, 0.2) is 36.4 Å². The topological polar surface area (TPSA) is 40.5 Å². The first-order chi connectivity index (χ1) is 7.54. The van der Waals surface area contributed by atoms with Crippen molar-refractivity contribution in [2.75, 3.05) is 13.1 Å². The van der Waals surface area contributed by atoms with Gasteiger partial charge in [0.25, 0.3) is 5.91 Å². The Morgan fingerprint density at radius 2 is 2.19 bits per heavy atom. The molecular weight excluding hydrogens is 202 g/mol. The highest BCUT2D eigenvalue weighted by molar-refractivity contribution is 5.94. The van der Waals surface area contributed by atoms with Crippen LogP contribution in [0.4, 0.5) is 0 Å². The van der Waals surface area contributed by atoms with Gasteiger partial charge in [-0.3, -0.25) is 4.79 Å². The van der Waals surface area contributed by atoms with E-state index in [0.717, 1.165) is 5.57 Å². The van der Waals surface area contributed by atoms with Crippen molar-refractivity contribution < 1.29 is 9.90 Å². The van der Waals surface area contributed by atoms with Gasteiger partial charge in [0.15, 0.2) is 0 Å². The van der Waals surface area contributed by atoms with Crippen molar-refractivity contribution in [2.24, 2.45) is 0 Å². The average Bonchev–Trinajstić information content (AvgIpc) is 2.24.